The Morgan fingerprint density at radius 3 is 2.47 bits per heavy atom. The van der Waals surface area contributed by atoms with Crippen LogP contribution in [-0.4, -0.2) is 37.0 Å². The summed E-state index contributed by atoms with van der Waals surface area (Å²) in [5.41, 5.74) is -0.0963. The zero-order chi connectivity index (χ0) is 14.7. The summed E-state index contributed by atoms with van der Waals surface area (Å²) in [5, 5.41) is 14.1. The van der Waals surface area contributed by atoms with Crippen LogP contribution in [-0.2, 0) is 4.74 Å². The van der Waals surface area contributed by atoms with Crippen molar-refractivity contribution in [1.82, 2.24) is 10.6 Å². The Kier molecular flexibility index (Phi) is 4.66. The molecule has 110 valence electrons. The molecule has 1 aliphatic carbocycles. The van der Waals surface area contributed by atoms with Crippen molar-refractivity contribution < 1.29 is 19.4 Å². The summed E-state index contributed by atoms with van der Waals surface area (Å²) in [4.78, 5) is 22.0. The van der Waals surface area contributed by atoms with Crippen LogP contribution in [0.5, 0.6) is 0 Å². The van der Waals surface area contributed by atoms with E-state index in [-0.39, 0.29) is 16.9 Å². The summed E-state index contributed by atoms with van der Waals surface area (Å²) in [7, 11) is 1.33. The molecule has 0 spiro atoms. The highest BCUT2D eigenvalue weighted by molar-refractivity contribution is 5.67. The standard InChI is InChI=1S/C13H24N2O4/c1-12(2)5-9(15-10(16)17)6-13(3,7-12)8-14-11(18)19-4/h9,15H,5-8H2,1-4H3,(H,14,18)(H,16,17). The lowest BCUT2D eigenvalue weighted by atomic mass is 9.62. The van der Waals surface area contributed by atoms with Crippen LogP contribution in [0.3, 0.4) is 0 Å². The summed E-state index contributed by atoms with van der Waals surface area (Å²) in [5.74, 6) is 0. The number of hydrogen-bond donors (Lipinski definition) is 3. The van der Waals surface area contributed by atoms with Crippen LogP contribution >= 0.6 is 0 Å². The van der Waals surface area contributed by atoms with Crippen LogP contribution in [0.25, 0.3) is 0 Å². The van der Waals surface area contributed by atoms with E-state index in [1.165, 1.54) is 7.11 Å². The number of hydrogen-bond acceptors (Lipinski definition) is 3. The maximum atomic E-state index is 11.2. The Labute approximate surface area is 113 Å². The first-order valence-electron chi connectivity index (χ1n) is 6.47. The highest BCUT2D eigenvalue weighted by Crippen LogP contribution is 2.45. The second kappa shape index (κ2) is 5.67. The van der Waals surface area contributed by atoms with Crippen LogP contribution in [0, 0.1) is 10.8 Å². The smallest absolute Gasteiger partial charge is 0.406 e. The minimum absolute atomic E-state index is 0.0396. The average molecular weight is 272 g/mol. The number of carbonyl (C=O) groups is 2. The number of carboxylic acid groups (broad SMARTS) is 1. The van der Waals surface area contributed by atoms with Gasteiger partial charge in [-0.15, -0.1) is 0 Å². The maximum Gasteiger partial charge on any atom is 0.406 e. The van der Waals surface area contributed by atoms with Gasteiger partial charge in [-0.3, -0.25) is 0 Å². The molecule has 0 aromatic carbocycles. The first kappa shape index (κ1) is 15.6. The summed E-state index contributed by atoms with van der Waals surface area (Å²) in [6.45, 7) is 6.81. The fourth-order valence-corrected chi connectivity index (χ4v) is 3.40. The third-order valence-electron chi connectivity index (χ3n) is 3.62. The van der Waals surface area contributed by atoms with Gasteiger partial charge in [-0.25, -0.2) is 9.59 Å². The lowest BCUT2D eigenvalue weighted by Gasteiger charge is -2.46. The van der Waals surface area contributed by atoms with Crippen molar-refractivity contribution in [3.8, 4) is 0 Å². The van der Waals surface area contributed by atoms with Crippen molar-refractivity contribution in [2.24, 2.45) is 10.8 Å². The molecular weight excluding hydrogens is 248 g/mol. The number of carbonyl (C=O) groups excluding carboxylic acids is 1. The third-order valence-corrected chi connectivity index (χ3v) is 3.62. The summed E-state index contributed by atoms with van der Waals surface area (Å²) < 4.78 is 4.57. The van der Waals surface area contributed by atoms with Crippen LogP contribution < -0.4 is 10.6 Å². The minimum atomic E-state index is -0.994. The molecule has 0 aromatic rings. The molecule has 6 heteroatoms. The van der Waals surface area contributed by atoms with E-state index in [4.69, 9.17) is 5.11 Å². The number of nitrogens with one attached hydrogen (secondary N) is 2. The summed E-state index contributed by atoms with van der Waals surface area (Å²) in [6.07, 6.45) is 1.01. The van der Waals surface area contributed by atoms with E-state index in [0.29, 0.717) is 13.0 Å². The number of methoxy groups -OCH3 is 1. The molecule has 0 saturated heterocycles. The number of amides is 2. The fraction of sp³-hybridized carbons (Fsp3) is 0.846. The maximum absolute atomic E-state index is 11.2. The highest BCUT2D eigenvalue weighted by Gasteiger charge is 2.41. The van der Waals surface area contributed by atoms with E-state index in [0.717, 1.165) is 12.8 Å². The van der Waals surface area contributed by atoms with Crippen LogP contribution in [0.4, 0.5) is 9.59 Å². The van der Waals surface area contributed by atoms with Gasteiger partial charge in [-0.1, -0.05) is 20.8 Å². The number of alkyl carbamates (subject to hydrolysis) is 1. The van der Waals surface area contributed by atoms with Gasteiger partial charge >= 0.3 is 12.2 Å². The molecule has 1 aliphatic rings. The first-order chi connectivity index (χ1) is 8.66. The largest absolute Gasteiger partial charge is 0.465 e. The lowest BCUT2D eigenvalue weighted by Crippen LogP contribution is -2.50. The second-order valence-electron chi connectivity index (χ2n) is 6.55. The first-order valence-corrected chi connectivity index (χ1v) is 6.47. The molecule has 0 radical (unpaired) electrons. The monoisotopic (exact) mass is 272 g/mol. The molecule has 1 fully saturated rings. The molecule has 1 saturated carbocycles. The van der Waals surface area contributed by atoms with E-state index < -0.39 is 12.2 Å². The topological polar surface area (TPSA) is 87.7 Å². The molecule has 2 amide bonds. The molecule has 3 N–H and O–H groups in total. The molecule has 19 heavy (non-hydrogen) atoms. The zero-order valence-corrected chi connectivity index (χ0v) is 12.1. The van der Waals surface area contributed by atoms with Crippen LogP contribution in [0.1, 0.15) is 40.0 Å². The molecule has 1 rings (SSSR count). The van der Waals surface area contributed by atoms with E-state index >= 15 is 0 Å². The molecule has 2 unspecified atom stereocenters. The zero-order valence-electron chi connectivity index (χ0n) is 12.1. The van der Waals surface area contributed by atoms with Gasteiger partial charge in [-0.2, -0.15) is 0 Å². The third kappa shape index (κ3) is 4.96. The number of rotatable bonds is 3. The molecule has 2 atom stereocenters. The van der Waals surface area contributed by atoms with Crippen LogP contribution in [0.15, 0.2) is 0 Å². The van der Waals surface area contributed by atoms with Crippen molar-refractivity contribution in [3.05, 3.63) is 0 Å². The molecule has 0 aliphatic heterocycles. The second-order valence-corrected chi connectivity index (χ2v) is 6.55. The van der Waals surface area contributed by atoms with Crippen molar-refractivity contribution in [2.75, 3.05) is 13.7 Å². The molecule has 0 aromatic heterocycles. The van der Waals surface area contributed by atoms with Gasteiger partial charge < -0.3 is 20.5 Å². The van der Waals surface area contributed by atoms with E-state index in [9.17, 15) is 9.59 Å². The summed E-state index contributed by atoms with van der Waals surface area (Å²) in [6, 6.07) is -0.0781. The average Bonchev–Trinajstić information content (AvgIpc) is 2.22. The fourth-order valence-electron chi connectivity index (χ4n) is 3.40. The van der Waals surface area contributed by atoms with Gasteiger partial charge in [0.2, 0.25) is 0 Å². The molecule has 6 nitrogen and oxygen atoms in total. The van der Waals surface area contributed by atoms with Crippen molar-refractivity contribution in [3.63, 3.8) is 0 Å². The summed E-state index contributed by atoms with van der Waals surface area (Å²) >= 11 is 0. The van der Waals surface area contributed by atoms with Gasteiger partial charge in [0, 0.05) is 12.6 Å². The number of ether oxygens (including phenoxy) is 1. The Balaban J connectivity index is 2.69. The van der Waals surface area contributed by atoms with Crippen molar-refractivity contribution in [1.29, 1.82) is 0 Å². The quantitative estimate of drug-likeness (QED) is 0.735. The molecule has 0 bridgehead atoms. The van der Waals surface area contributed by atoms with E-state index in [1.807, 2.05) is 0 Å². The van der Waals surface area contributed by atoms with Crippen LogP contribution in [0.2, 0.25) is 0 Å². The van der Waals surface area contributed by atoms with Gasteiger partial charge in [0.1, 0.15) is 0 Å². The Bertz CT molecular complexity index is 357. The van der Waals surface area contributed by atoms with Gasteiger partial charge in [0.15, 0.2) is 0 Å². The van der Waals surface area contributed by atoms with E-state index in [1.54, 1.807) is 0 Å². The molecular formula is C13H24N2O4. The predicted octanol–water partition coefficient (Wildman–Crippen LogP) is 2.19. The Morgan fingerprint density at radius 1 is 1.32 bits per heavy atom. The van der Waals surface area contributed by atoms with Gasteiger partial charge in [-0.05, 0) is 30.1 Å². The van der Waals surface area contributed by atoms with Gasteiger partial charge in [0.25, 0.3) is 0 Å². The van der Waals surface area contributed by atoms with E-state index in [2.05, 4.69) is 36.1 Å². The highest BCUT2D eigenvalue weighted by atomic mass is 16.5. The predicted molar refractivity (Wildman–Crippen MR) is 71.1 cm³/mol. The Hall–Kier alpha value is -1.46. The van der Waals surface area contributed by atoms with Crippen molar-refractivity contribution in [2.45, 2.75) is 46.1 Å². The normalized spacial score (nSPS) is 29.4. The lowest BCUT2D eigenvalue weighted by molar-refractivity contribution is 0.0680. The van der Waals surface area contributed by atoms with Crippen molar-refractivity contribution >= 4 is 12.2 Å². The Morgan fingerprint density at radius 2 is 1.95 bits per heavy atom. The van der Waals surface area contributed by atoms with Gasteiger partial charge in [0.05, 0.1) is 7.11 Å². The SMILES string of the molecule is COC(=O)NCC1(C)CC(NC(=O)O)CC(C)(C)C1. The minimum Gasteiger partial charge on any atom is -0.465 e. The molecule has 0 heterocycles.